The van der Waals surface area contributed by atoms with E-state index in [0.29, 0.717) is 13.0 Å². The number of para-hydroxylation sites is 1. The number of rotatable bonds is 8. The summed E-state index contributed by atoms with van der Waals surface area (Å²) in [7, 11) is 0. The van der Waals surface area contributed by atoms with E-state index >= 15 is 0 Å². The molecule has 1 N–H and O–H groups in total. The monoisotopic (exact) mass is 265 g/mol. The van der Waals surface area contributed by atoms with Crippen LogP contribution in [-0.2, 0) is 11.2 Å². The number of carbonyl (C=O) groups is 1. The minimum atomic E-state index is -0.782. The molecule has 0 bridgehead atoms. The van der Waals surface area contributed by atoms with Crippen molar-refractivity contribution >= 4 is 5.97 Å². The molecule has 0 amide bonds. The molecule has 1 aromatic rings. The lowest BCUT2D eigenvalue weighted by Crippen LogP contribution is -2.42. The summed E-state index contributed by atoms with van der Waals surface area (Å²) in [6.45, 7) is 7.92. The number of hydrogen-bond acceptors (Lipinski definition) is 3. The van der Waals surface area contributed by atoms with Gasteiger partial charge in [0, 0.05) is 6.42 Å². The molecule has 0 saturated carbocycles. The van der Waals surface area contributed by atoms with Gasteiger partial charge >= 0.3 is 5.97 Å². The Morgan fingerprint density at radius 3 is 2.42 bits per heavy atom. The van der Waals surface area contributed by atoms with Gasteiger partial charge in [-0.15, -0.1) is 0 Å². The average molecular weight is 265 g/mol. The van der Waals surface area contributed by atoms with E-state index in [1.165, 1.54) is 0 Å². The van der Waals surface area contributed by atoms with Crippen LogP contribution in [0.4, 0.5) is 0 Å². The minimum absolute atomic E-state index is 0.465. The van der Waals surface area contributed by atoms with Crippen molar-refractivity contribution in [1.82, 2.24) is 4.90 Å². The lowest BCUT2D eigenvalue weighted by molar-refractivity contribution is -0.143. The summed E-state index contributed by atoms with van der Waals surface area (Å²) in [6.07, 6.45) is 0.465. The number of benzene rings is 1. The standard InChI is InChI=1S/C15H23NO3/c1-4-16(5-2)13(15(17)18)11-12-9-7-8-10-14(12)19-6-3/h7-10,13H,4-6,11H2,1-3H3,(H,17,18)/t13-/m0/s1. The molecule has 0 aliphatic carbocycles. The quantitative estimate of drug-likeness (QED) is 0.784. The first kappa shape index (κ1) is 15.5. The van der Waals surface area contributed by atoms with Crippen molar-refractivity contribution in [1.29, 1.82) is 0 Å². The number of hydrogen-bond donors (Lipinski definition) is 1. The van der Waals surface area contributed by atoms with Crippen LogP contribution in [0.25, 0.3) is 0 Å². The van der Waals surface area contributed by atoms with E-state index in [-0.39, 0.29) is 0 Å². The molecule has 1 atom stereocenters. The SMILES string of the molecule is CCOc1ccccc1C[C@@H](C(=O)O)N(CC)CC. The van der Waals surface area contributed by atoms with Gasteiger partial charge in [0.1, 0.15) is 11.8 Å². The number of likely N-dealkylation sites (N-methyl/N-ethyl adjacent to an activating group) is 1. The Kier molecular flexibility index (Phi) is 6.36. The molecule has 0 spiro atoms. The van der Waals surface area contributed by atoms with Crippen LogP contribution in [0.3, 0.4) is 0 Å². The van der Waals surface area contributed by atoms with E-state index in [2.05, 4.69) is 0 Å². The summed E-state index contributed by atoms with van der Waals surface area (Å²) in [5.41, 5.74) is 0.948. The van der Waals surface area contributed by atoms with Crippen molar-refractivity contribution in [3.8, 4) is 5.75 Å². The van der Waals surface area contributed by atoms with Crippen LogP contribution in [0, 0.1) is 0 Å². The average Bonchev–Trinajstić information content (AvgIpc) is 2.41. The molecule has 0 unspecified atom stereocenters. The molecule has 0 heterocycles. The second-order valence-electron chi connectivity index (χ2n) is 4.32. The molecule has 1 rings (SSSR count). The summed E-state index contributed by atoms with van der Waals surface area (Å²) >= 11 is 0. The van der Waals surface area contributed by atoms with Gasteiger partial charge in [-0.2, -0.15) is 0 Å². The van der Waals surface area contributed by atoms with Gasteiger partial charge in [0.2, 0.25) is 0 Å². The number of carboxylic acid groups (broad SMARTS) is 1. The zero-order valence-electron chi connectivity index (χ0n) is 11.9. The van der Waals surface area contributed by atoms with Crippen LogP contribution < -0.4 is 4.74 Å². The number of aliphatic carboxylic acids is 1. The van der Waals surface area contributed by atoms with Gasteiger partial charge in [-0.3, -0.25) is 9.69 Å². The molecule has 19 heavy (non-hydrogen) atoms. The second-order valence-corrected chi connectivity index (χ2v) is 4.32. The summed E-state index contributed by atoms with van der Waals surface area (Å²) in [6, 6.07) is 7.14. The number of nitrogens with zero attached hydrogens (tertiary/aromatic N) is 1. The molecule has 1 aromatic carbocycles. The summed E-state index contributed by atoms with van der Waals surface area (Å²) < 4.78 is 5.55. The zero-order chi connectivity index (χ0) is 14.3. The van der Waals surface area contributed by atoms with E-state index in [0.717, 1.165) is 24.4 Å². The van der Waals surface area contributed by atoms with Crippen LogP contribution in [0.1, 0.15) is 26.3 Å². The number of carboxylic acids is 1. The molecule has 4 heteroatoms. The first-order chi connectivity index (χ1) is 9.13. The van der Waals surface area contributed by atoms with Crippen LogP contribution in [0.2, 0.25) is 0 Å². The normalized spacial score (nSPS) is 12.4. The van der Waals surface area contributed by atoms with Gasteiger partial charge < -0.3 is 9.84 Å². The van der Waals surface area contributed by atoms with Gasteiger partial charge in [-0.05, 0) is 31.6 Å². The minimum Gasteiger partial charge on any atom is -0.494 e. The van der Waals surface area contributed by atoms with E-state index < -0.39 is 12.0 Å². The molecule has 0 radical (unpaired) electrons. The van der Waals surface area contributed by atoms with Crippen molar-refractivity contribution < 1.29 is 14.6 Å². The Morgan fingerprint density at radius 1 is 1.26 bits per heavy atom. The highest BCUT2D eigenvalue weighted by molar-refractivity contribution is 5.74. The van der Waals surface area contributed by atoms with Crippen LogP contribution in [0.15, 0.2) is 24.3 Å². The third-order valence-electron chi connectivity index (χ3n) is 3.22. The van der Waals surface area contributed by atoms with Gasteiger partial charge in [-0.25, -0.2) is 0 Å². The Labute approximate surface area is 115 Å². The Hall–Kier alpha value is -1.55. The molecule has 0 saturated heterocycles. The third-order valence-corrected chi connectivity index (χ3v) is 3.22. The maximum atomic E-state index is 11.4. The molecule has 106 valence electrons. The van der Waals surface area contributed by atoms with E-state index in [9.17, 15) is 9.90 Å². The molecule has 0 aromatic heterocycles. The summed E-state index contributed by atoms with van der Waals surface area (Å²) in [4.78, 5) is 13.4. The molecule has 0 aliphatic heterocycles. The van der Waals surface area contributed by atoms with E-state index in [4.69, 9.17) is 4.74 Å². The second kappa shape index (κ2) is 7.79. The van der Waals surface area contributed by atoms with Crippen molar-refractivity contribution in [2.75, 3.05) is 19.7 Å². The Morgan fingerprint density at radius 2 is 1.89 bits per heavy atom. The lowest BCUT2D eigenvalue weighted by Gasteiger charge is -2.26. The number of ether oxygens (including phenoxy) is 1. The van der Waals surface area contributed by atoms with Crippen LogP contribution in [-0.4, -0.2) is 41.7 Å². The maximum absolute atomic E-state index is 11.4. The molecule has 0 aliphatic rings. The van der Waals surface area contributed by atoms with Crippen LogP contribution in [0.5, 0.6) is 5.75 Å². The van der Waals surface area contributed by atoms with Gasteiger partial charge in [0.25, 0.3) is 0 Å². The smallest absolute Gasteiger partial charge is 0.321 e. The van der Waals surface area contributed by atoms with E-state index in [1.54, 1.807) is 0 Å². The molecular weight excluding hydrogens is 242 g/mol. The topological polar surface area (TPSA) is 49.8 Å². The third kappa shape index (κ3) is 4.24. The summed E-state index contributed by atoms with van der Waals surface area (Å²) in [5, 5.41) is 9.41. The highest BCUT2D eigenvalue weighted by atomic mass is 16.5. The van der Waals surface area contributed by atoms with Crippen molar-refractivity contribution in [3.05, 3.63) is 29.8 Å². The fourth-order valence-electron chi connectivity index (χ4n) is 2.21. The van der Waals surface area contributed by atoms with Crippen molar-refractivity contribution in [3.63, 3.8) is 0 Å². The van der Waals surface area contributed by atoms with Gasteiger partial charge in [-0.1, -0.05) is 32.0 Å². The molecule has 4 nitrogen and oxygen atoms in total. The van der Waals surface area contributed by atoms with Gasteiger partial charge in [0.05, 0.1) is 6.61 Å². The lowest BCUT2D eigenvalue weighted by atomic mass is 10.0. The van der Waals surface area contributed by atoms with Gasteiger partial charge in [0.15, 0.2) is 0 Å². The van der Waals surface area contributed by atoms with Crippen molar-refractivity contribution in [2.24, 2.45) is 0 Å². The Bertz CT molecular complexity index is 402. The largest absolute Gasteiger partial charge is 0.494 e. The highest BCUT2D eigenvalue weighted by Crippen LogP contribution is 2.21. The zero-order valence-corrected chi connectivity index (χ0v) is 11.9. The fourth-order valence-corrected chi connectivity index (χ4v) is 2.21. The highest BCUT2D eigenvalue weighted by Gasteiger charge is 2.24. The molecular formula is C15H23NO3. The fraction of sp³-hybridized carbons (Fsp3) is 0.533. The van der Waals surface area contributed by atoms with Crippen molar-refractivity contribution in [2.45, 2.75) is 33.2 Å². The first-order valence-corrected chi connectivity index (χ1v) is 6.81. The van der Waals surface area contributed by atoms with E-state index in [1.807, 2.05) is 49.9 Å². The Balaban J connectivity index is 2.93. The maximum Gasteiger partial charge on any atom is 0.321 e. The molecule has 0 fully saturated rings. The van der Waals surface area contributed by atoms with Crippen LogP contribution >= 0.6 is 0 Å². The first-order valence-electron chi connectivity index (χ1n) is 6.81. The predicted octanol–water partition coefficient (Wildman–Crippen LogP) is 2.42. The summed E-state index contributed by atoms with van der Waals surface area (Å²) in [5.74, 6) is -0.00147. The predicted molar refractivity (Wildman–Crippen MR) is 75.7 cm³/mol.